The van der Waals surface area contributed by atoms with E-state index < -0.39 is 38.5 Å². The van der Waals surface area contributed by atoms with E-state index in [0.717, 1.165) is 12.1 Å². The number of hydrogen-bond donors (Lipinski definition) is 1. The third-order valence-corrected chi connectivity index (χ3v) is 3.97. The Morgan fingerprint density at radius 3 is 2.17 bits per heavy atom. The summed E-state index contributed by atoms with van der Waals surface area (Å²) in [5, 5.41) is -1.03. The molecule has 0 aromatic heterocycles. The number of nitrogens with zero attached hydrogens (tertiary/aromatic N) is 1. The zero-order valence-corrected chi connectivity index (χ0v) is 11.1. The zero-order chi connectivity index (χ0) is 14.0. The van der Waals surface area contributed by atoms with Crippen molar-refractivity contribution in [1.29, 1.82) is 0 Å². The molecule has 2 unspecified atom stereocenters. The summed E-state index contributed by atoms with van der Waals surface area (Å²) in [4.78, 5) is 12.2. The van der Waals surface area contributed by atoms with Crippen LogP contribution in [-0.2, 0) is 15.6 Å². The van der Waals surface area contributed by atoms with Crippen molar-refractivity contribution in [2.24, 2.45) is 0 Å². The van der Waals surface area contributed by atoms with E-state index in [-0.39, 0.29) is 5.69 Å². The molecule has 1 aromatic carbocycles. The summed E-state index contributed by atoms with van der Waals surface area (Å²) < 4.78 is 39.1. The molecular formula is C11H14F2N2O2S. The van der Waals surface area contributed by atoms with Crippen LogP contribution in [0.2, 0.25) is 0 Å². The molecular weight excluding hydrogens is 262 g/mol. The first kappa shape index (κ1) is 14.6. The molecule has 0 spiro atoms. The van der Waals surface area contributed by atoms with Crippen molar-refractivity contribution in [3.8, 4) is 0 Å². The summed E-state index contributed by atoms with van der Waals surface area (Å²) in [6, 6.07) is 1.76. The van der Waals surface area contributed by atoms with Gasteiger partial charge in [-0.3, -0.25) is 9.00 Å². The second-order valence-corrected chi connectivity index (χ2v) is 5.70. The van der Waals surface area contributed by atoms with Crippen LogP contribution in [0.5, 0.6) is 0 Å². The van der Waals surface area contributed by atoms with Gasteiger partial charge < -0.3 is 10.6 Å². The quantitative estimate of drug-likeness (QED) is 0.842. The van der Waals surface area contributed by atoms with Gasteiger partial charge in [0.1, 0.15) is 21.8 Å². The van der Waals surface area contributed by atoms with Crippen LogP contribution in [0.3, 0.4) is 0 Å². The Bertz CT molecular complexity index is 483. The molecule has 0 fully saturated rings. The minimum absolute atomic E-state index is 0.0997. The number of halogens is 2. The largest absolute Gasteiger partial charge is 0.399 e. The van der Waals surface area contributed by atoms with Gasteiger partial charge in [0.2, 0.25) is 5.91 Å². The SMILES string of the molecule is CC(C(=O)N(C)C)S(=O)c1c(F)cc(N)cc1F. The van der Waals surface area contributed by atoms with Crippen molar-refractivity contribution in [1.82, 2.24) is 4.90 Å². The molecule has 0 aliphatic rings. The minimum atomic E-state index is -2.11. The van der Waals surface area contributed by atoms with E-state index in [4.69, 9.17) is 5.73 Å². The average molecular weight is 276 g/mol. The second kappa shape index (κ2) is 5.43. The predicted octanol–water partition coefficient (Wildman–Crippen LogP) is 1.13. The van der Waals surface area contributed by atoms with Crippen LogP contribution in [0, 0.1) is 11.6 Å². The molecule has 100 valence electrons. The Hall–Kier alpha value is -1.50. The van der Waals surface area contributed by atoms with Crippen LogP contribution in [0.15, 0.2) is 17.0 Å². The van der Waals surface area contributed by atoms with Gasteiger partial charge in [0.05, 0.1) is 10.8 Å². The zero-order valence-electron chi connectivity index (χ0n) is 10.2. The standard InChI is InChI=1S/C11H14F2N2O2S/c1-6(11(16)15(2)3)18(17)10-8(12)4-7(14)5-9(10)13/h4-6H,14H2,1-3H3. The third kappa shape index (κ3) is 2.84. The maximum absolute atomic E-state index is 13.5. The van der Waals surface area contributed by atoms with Crippen LogP contribution in [0.25, 0.3) is 0 Å². The highest BCUT2D eigenvalue weighted by molar-refractivity contribution is 7.86. The average Bonchev–Trinajstić information content (AvgIpc) is 2.25. The van der Waals surface area contributed by atoms with Gasteiger partial charge in [-0.15, -0.1) is 0 Å². The number of amides is 1. The Morgan fingerprint density at radius 2 is 1.78 bits per heavy atom. The maximum Gasteiger partial charge on any atom is 0.237 e. The first-order chi connectivity index (χ1) is 8.25. The summed E-state index contributed by atoms with van der Waals surface area (Å²) in [7, 11) is 0.849. The van der Waals surface area contributed by atoms with E-state index in [2.05, 4.69) is 0 Å². The molecule has 18 heavy (non-hydrogen) atoms. The van der Waals surface area contributed by atoms with Crippen LogP contribution in [0.1, 0.15) is 6.92 Å². The number of anilines is 1. The highest BCUT2D eigenvalue weighted by Gasteiger charge is 2.27. The molecule has 0 aliphatic carbocycles. The molecule has 2 atom stereocenters. The lowest BCUT2D eigenvalue weighted by atomic mass is 10.3. The molecule has 0 heterocycles. The van der Waals surface area contributed by atoms with Crippen molar-refractivity contribution in [3.05, 3.63) is 23.8 Å². The fraction of sp³-hybridized carbons (Fsp3) is 0.364. The number of nitrogens with two attached hydrogens (primary N) is 1. The summed E-state index contributed by atoms with van der Waals surface area (Å²) in [5.41, 5.74) is 5.16. The fourth-order valence-corrected chi connectivity index (χ4v) is 2.65. The molecule has 2 N–H and O–H groups in total. The van der Waals surface area contributed by atoms with Crippen molar-refractivity contribution in [2.45, 2.75) is 17.1 Å². The fourth-order valence-electron chi connectivity index (χ4n) is 1.40. The van der Waals surface area contributed by atoms with Gasteiger partial charge in [-0.05, 0) is 19.1 Å². The molecule has 1 rings (SSSR count). The molecule has 7 heteroatoms. The topological polar surface area (TPSA) is 63.4 Å². The third-order valence-electron chi connectivity index (χ3n) is 2.33. The second-order valence-electron chi connectivity index (χ2n) is 3.99. The van der Waals surface area contributed by atoms with Crippen LogP contribution in [0.4, 0.5) is 14.5 Å². The molecule has 1 aromatic rings. The molecule has 0 radical (unpaired) electrons. The molecule has 0 bridgehead atoms. The molecule has 4 nitrogen and oxygen atoms in total. The minimum Gasteiger partial charge on any atom is -0.399 e. The summed E-state index contributed by atoms with van der Waals surface area (Å²) in [5.74, 6) is -2.49. The number of hydrogen-bond acceptors (Lipinski definition) is 3. The van der Waals surface area contributed by atoms with E-state index in [0.29, 0.717) is 0 Å². The van der Waals surface area contributed by atoms with E-state index in [1.54, 1.807) is 0 Å². The Kier molecular flexibility index (Phi) is 4.39. The lowest BCUT2D eigenvalue weighted by molar-refractivity contribution is -0.127. The first-order valence-electron chi connectivity index (χ1n) is 5.12. The highest BCUT2D eigenvalue weighted by atomic mass is 32.2. The van der Waals surface area contributed by atoms with Gasteiger partial charge in [0.25, 0.3) is 0 Å². The number of carbonyl (C=O) groups excluding carboxylic acids is 1. The summed E-state index contributed by atoms with van der Waals surface area (Å²) in [6.07, 6.45) is 0. The maximum atomic E-state index is 13.5. The first-order valence-corrected chi connectivity index (χ1v) is 6.33. The smallest absolute Gasteiger partial charge is 0.237 e. The molecule has 0 saturated carbocycles. The van der Waals surface area contributed by atoms with Crippen molar-refractivity contribution in [3.63, 3.8) is 0 Å². The van der Waals surface area contributed by atoms with E-state index in [1.165, 1.54) is 25.9 Å². The van der Waals surface area contributed by atoms with Crippen molar-refractivity contribution in [2.75, 3.05) is 19.8 Å². The van der Waals surface area contributed by atoms with Crippen LogP contribution >= 0.6 is 0 Å². The highest BCUT2D eigenvalue weighted by Crippen LogP contribution is 2.23. The van der Waals surface area contributed by atoms with Crippen LogP contribution in [-0.4, -0.2) is 34.4 Å². The molecule has 1 amide bonds. The molecule has 0 saturated heterocycles. The van der Waals surface area contributed by atoms with Gasteiger partial charge in [0.15, 0.2) is 0 Å². The predicted molar refractivity (Wildman–Crippen MR) is 65.3 cm³/mol. The summed E-state index contributed by atoms with van der Waals surface area (Å²) in [6.45, 7) is 1.35. The lowest BCUT2D eigenvalue weighted by Crippen LogP contribution is -2.35. The van der Waals surface area contributed by atoms with E-state index in [1.807, 2.05) is 0 Å². The van der Waals surface area contributed by atoms with Crippen molar-refractivity contribution >= 4 is 22.4 Å². The van der Waals surface area contributed by atoms with E-state index in [9.17, 15) is 17.8 Å². The van der Waals surface area contributed by atoms with E-state index >= 15 is 0 Å². The van der Waals surface area contributed by atoms with Gasteiger partial charge in [0, 0.05) is 19.8 Å². The lowest BCUT2D eigenvalue weighted by Gasteiger charge is -2.17. The monoisotopic (exact) mass is 276 g/mol. The number of carbonyl (C=O) groups is 1. The van der Waals surface area contributed by atoms with Gasteiger partial charge >= 0.3 is 0 Å². The van der Waals surface area contributed by atoms with Gasteiger partial charge in [-0.1, -0.05) is 0 Å². The van der Waals surface area contributed by atoms with Crippen molar-refractivity contribution < 1.29 is 17.8 Å². The van der Waals surface area contributed by atoms with Crippen LogP contribution < -0.4 is 5.73 Å². The Balaban J connectivity index is 3.16. The normalized spacial score (nSPS) is 14.1. The van der Waals surface area contributed by atoms with Gasteiger partial charge in [-0.25, -0.2) is 8.78 Å². The molecule has 0 aliphatic heterocycles. The number of benzene rings is 1. The number of rotatable bonds is 3. The number of nitrogen functional groups attached to an aromatic ring is 1. The Morgan fingerprint density at radius 1 is 1.33 bits per heavy atom. The summed E-state index contributed by atoms with van der Waals surface area (Å²) >= 11 is 0. The van der Waals surface area contributed by atoms with Gasteiger partial charge in [-0.2, -0.15) is 0 Å². The Labute approximate surface area is 106 Å².